The van der Waals surface area contributed by atoms with Gasteiger partial charge in [0.1, 0.15) is 11.0 Å². The van der Waals surface area contributed by atoms with Gasteiger partial charge in [0.2, 0.25) is 0 Å². The van der Waals surface area contributed by atoms with E-state index in [1.165, 1.54) is 0 Å². The van der Waals surface area contributed by atoms with Crippen molar-refractivity contribution in [3.63, 3.8) is 0 Å². The molecule has 0 bridgehead atoms. The quantitative estimate of drug-likeness (QED) is 0.514. The van der Waals surface area contributed by atoms with E-state index in [1.807, 2.05) is 0 Å². The molecule has 0 saturated heterocycles. The van der Waals surface area contributed by atoms with Crippen LogP contribution in [0.4, 0.5) is 0 Å². The number of nitrogens with zero attached hydrogens (tertiary/aromatic N) is 2. The largest absolute Gasteiger partial charge is 0.243 e. The van der Waals surface area contributed by atoms with Crippen LogP contribution in [0.2, 0.25) is 0 Å². The summed E-state index contributed by atoms with van der Waals surface area (Å²) in [5, 5.41) is 7.09. The molecule has 0 amide bonds. The lowest BCUT2D eigenvalue weighted by atomic mass is 10.3. The summed E-state index contributed by atoms with van der Waals surface area (Å²) in [5.41, 5.74) is 1.25. The van der Waals surface area contributed by atoms with Gasteiger partial charge in [0.15, 0.2) is 0 Å². The zero-order valence-electron chi connectivity index (χ0n) is 4.46. The highest BCUT2D eigenvalue weighted by molar-refractivity contribution is 5.70. The summed E-state index contributed by atoms with van der Waals surface area (Å²) < 4.78 is 4.40. The number of fused-ring (bicyclic) bond motifs is 1. The van der Waals surface area contributed by atoms with Crippen molar-refractivity contribution in [3.8, 4) is 0 Å². The van der Waals surface area contributed by atoms with Gasteiger partial charge in [-0.2, -0.15) is 0 Å². The molecule has 2 aromatic rings. The van der Waals surface area contributed by atoms with Crippen LogP contribution in [0, 0.1) is 12.1 Å². The van der Waals surface area contributed by atoms with Gasteiger partial charge >= 0.3 is 0 Å². The fraction of sp³-hybridized carbons (Fsp3) is 0. The van der Waals surface area contributed by atoms with E-state index < -0.39 is 0 Å². The Morgan fingerprint density at radius 3 is 2.22 bits per heavy atom. The molecular formula is C6H2N2O. The first-order valence-corrected chi connectivity index (χ1v) is 2.47. The van der Waals surface area contributed by atoms with Crippen LogP contribution in [-0.4, -0.2) is 10.3 Å². The highest BCUT2D eigenvalue weighted by Gasteiger charge is 1.94. The van der Waals surface area contributed by atoms with Gasteiger partial charge in [0, 0.05) is 12.1 Å². The summed E-state index contributed by atoms with van der Waals surface area (Å²) in [5.74, 6) is 0. The second-order valence-corrected chi connectivity index (χ2v) is 1.58. The fourth-order valence-corrected chi connectivity index (χ4v) is 0.619. The summed E-state index contributed by atoms with van der Waals surface area (Å²) >= 11 is 0. The Kier molecular flexibility index (Phi) is 0.773. The molecule has 0 unspecified atom stereocenters. The minimum Gasteiger partial charge on any atom is -0.243 e. The third-order valence-corrected chi connectivity index (χ3v) is 1.01. The second-order valence-electron chi connectivity index (χ2n) is 1.58. The van der Waals surface area contributed by atoms with Crippen molar-refractivity contribution in [1.29, 1.82) is 0 Å². The van der Waals surface area contributed by atoms with E-state index >= 15 is 0 Å². The van der Waals surface area contributed by atoms with Crippen LogP contribution in [-0.2, 0) is 0 Å². The summed E-state index contributed by atoms with van der Waals surface area (Å²) in [4.78, 5) is 0. The average Bonchev–Trinajstić information content (AvgIpc) is 2.33. The lowest BCUT2D eigenvalue weighted by molar-refractivity contribution is 0.315. The van der Waals surface area contributed by atoms with Crippen LogP contribution >= 0.6 is 0 Å². The van der Waals surface area contributed by atoms with E-state index in [-0.39, 0.29) is 0 Å². The van der Waals surface area contributed by atoms with E-state index in [2.05, 4.69) is 27.1 Å². The molecule has 1 aromatic heterocycles. The molecule has 0 aliphatic carbocycles. The van der Waals surface area contributed by atoms with Gasteiger partial charge < -0.3 is 0 Å². The SMILES string of the molecule is [c]1cc[c]c2nonc12. The smallest absolute Gasteiger partial charge is 0.143 e. The topological polar surface area (TPSA) is 38.9 Å². The van der Waals surface area contributed by atoms with Gasteiger partial charge in [-0.1, -0.05) is 12.1 Å². The molecular weight excluding hydrogens is 116 g/mol. The third kappa shape index (κ3) is 0.579. The molecule has 0 aliphatic heterocycles. The Bertz CT molecular complexity index is 285. The lowest BCUT2D eigenvalue weighted by Gasteiger charge is -1.74. The Hall–Kier alpha value is -1.38. The van der Waals surface area contributed by atoms with E-state index in [0.29, 0.717) is 11.0 Å². The van der Waals surface area contributed by atoms with Crippen LogP contribution in [0.25, 0.3) is 11.0 Å². The van der Waals surface area contributed by atoms with Crippen LogP contribution in [0.3, 0.4) is 0 Å². The van der Waals surface area contributed by atoms with E-state index in [0.717, 1.165) is 0 Å². The van der Waals surface area contributed by atoms with Crippen LogP contribution in [0.5, 0.6) is 0 Å². The average molecular weight is 118 g/mol. The van der Waals surface area contributed by atoms with Crippen molar-refractivity contribution in [2.75, 3.05) is 0 Å². The molecule has 2 rings (SSSR count). The first-order chi connectivity index (χ1) is 4.47. The summed E-state index contributed by atoms with van der Waals surface area (Å²) in [7, 11) is 0. The first kappa shape index (κ1) is 4.49. The highest BCUT2D eigenvalue weighted by atomic mass is 16.6. The van der Waals surface area contributed by atoms with Crippen molar-refractivity contribution >= 4 is 11.0 Å². The van der Waals surface area contributed by atoms with Crippen LogP contribution in [0.1, 0.15) is 0 Å². The summed E-state index contributed by atoms with van der Waals surface area (Å²) in [6, 6.07) is 9.09. The van der Waals surface area contributed by atoms with Gasteiger partial charge in [-0.25, -0.2) is 4.63 Å². The number of hydrogen-bond donors (Lipinski definition) is 0. The van der Waals surface area contributed by atoms with Crippen molar-refractivity contribution < 1.29 is 4.63 Å². The van der Waals surface area contributed by atoms with E-state index in [4.69, 9.17) is 0 Å². The molecule has 0 saturated carbocycles. The van der Waals surface area contributed by atoms with Crippen molar-refractivity contribution in [1.82, 2.24) is 10.3 Å². The predicted octanol–water partition coefficient (Wildman–Crippen LogP) is 0.823. The minimum absolute atomic E-state index is 0.623. The lowest BCUT2D eigenvalue weighted by Crippen LogP contribution is -1.65. The number of aromatic nitrogens is 2. The van der Waals surface area contributed by atoms with Crippen molar-refractivity contribution in [2.45, 2.75) is 0 Å². The van der Waals surface area contributed by atoms with E-state index in [1.54, 1.807) is 12.1 Å². The van der Waals surface area contributed by atoms with Crippen LogP contribution in [0.15, 0.2) is 16.8 Å². The Morgan fingerprint density at radius 2 is 1.67 bits per heavy atom. The maximum absolute atomic E-state index is 4.40. The van der Waals surface area contributed by atoms with Crippen molar-refractivity contribution in [3.05, 3.63) is 24.3 Å². The van der Waals surface area contributed by atoms with E-state index in [9.17, 15) is 0 Å². The van der Waals surface area contributed by atoms with Gasteiger partial charge in [-0.15, -0.1) is 0 Å². The molecule has 42 valence electrons. The molecule has 3 nitrogen and oxygen atoms in total. The number of hydrogen-bond acceptors (Lipinski definition) is 3. The molecule has 2 radical (unpaired) electrons. The number of rotatable bonds is 0. The molecule has 0 fully saturated rings. The zero-order chi connectivity index (χ0) is 6.10. The van der Waals surface area contributed by atoms with Gasteiger partial charge in [0.25, 0.3) is 0 Å². The molecule has 1 heterocycles. The molecule has 0 aliphatic rings. The molecule has 0 N–H and O–H groups in total. The standard InChI is InChI=1S/C6H2N2O/c1-2-4-6-5(3-1)7-9-8-6/h1-2H. The van der Waals surface area contributed by atoms with Crippen molar-refractivity contribution in [2.24, 2.45) is 0 Å². The maximum atomic E-state index is 4.40. The Balaban J connectivity index is 2.95. The van der Waals surface area contributed by atoms with Gasteiger partial charge in [-0.3, -0.25) is 0 Å². The second kappa shape index (κ2) is 1.55. The number of benzene rings is 1. The minimum atomic E-state index is 0.623. The molecule has 0 spiro atoms. The zero-order valence-corrected chi connectivity index (χ0v) is 4.46. The molecule has 1 aromatic carbocycles. The van der Waals surface area contributed by atoms with Gasteiger partial charge in [-0.05, 0) is 10.3 Å². The maximum Gasteiger partial charge on any atom is 0.143 e. The fourth-order valence-electron chi connectivity index (χ4n) is 0.619. The monoisotopic (exact) mass is 118 g/mol. The highest BCUT2D eigenvalue weighted by Crippen LogP contribution is 2.03. The summed E-state index contributed by atoms with van der Waals surface area (Å²) in [6.07, 6.45) is 0. The molecule has 9 heavy (non-hydrogen) atoms. The Labute approximate surface area is 51.2 Å². The van der Waals surface area contributed by atoms with Gasteiger partial charge in [0.05, 0.1) is 0 Å². The predicted molar refractivity (Wildman–Crippen MR) is 29.5 cm³/mol. The summed E-state index contributed by atoms with van der Waals surface area (Å²) in [6.45, 7) is 0. The molecule has 0 atom stereocenters. The first-order valence-electron chi connectivity index (χ1n) is 2.47. The third-order valence-electron chi connectivity index (χ3n) is 1.01. The molecule has 3 heteroatoms. The normalized spacial score (nSPS) is 10.2. The Morgan fingerprint density at radius 1 is 1.11 bits per heavy atom. The van der Waals surface area contributed by atoms with Crippen LogP contribution < -0.4 is 0 Å².